The summed E-state index contributed by atoms with van der Waals surface area (Å²) in [6, 6.07) is 0.819. The Kier molecular flexibility index (Phi) is 5.23. The van der Waals surface area contributed by atoms with Crippen LogP contribution in [0, 0.1) is 0 Å². The highest BCUT2D eigenvalue weighted by atomic mass is 19.4. The van der Waals surface area contributed by atoms with E-state index in [1.165, 1.54) is 12.3 Å². The minimum absolute atomic E-state index is 0.215. The van der Waals surface area contributed by atoms with Gasteiger partial charge < -0.3 is 19.6 Å². The van der Waals surface area contributed by atoms with Gasteiger partial charge in [0.1, 0.15) is 5.56 Å². The molecule has 0 spiro atoms. The van der Waals surface area contributed by atoms with Crippen LogP contribution in [0.5, 0.6) is 0 Å². The van der Waals surface area contributed by atoms with Gasteiger partial charge in [-0.25, -0.2) is 0 Å². The van der Waals surface area contributed by atoms with Gasteiger partial charge >= 0.3 is 13.3 Å². The first-order valence-electron chi connectivity index (χ1n) is 7.88. The Balaban J connectivity index is 2.40. The van der Waals surface area contributed by atoms with E-state index in [0.29, 0.717) is 12.0 Å². The molecule has 1 aromatic rings. The zero-order valence-electron chi connectivity index (χ0n) is 14.9. The quantitative estimate of drug-likeness (QED) is 0.813. The Morgan fingerprint density at radius 1 is 1.28 bits per heavy atom. The lowest BCUT2D eigenvalue weighted by Gasteiger charge is -2.32. The summed E-state index contributed by atoms with van der Waals surface area (Å²) in [4.78, 5) is 13.5. The molecule has 0 unspecified atom stereocenters. The molecule has 2 rings (SSSR count). The fraction of sp³-hybridized carbons (Fsp3) is 0.562. The van der Waals surface area contributed by atoms with Crippen LogP contribution >= 0.6 is 0 Å². The molecular formula is C16H22BF3N2O3. The third-order valence-corrected chi connectivity index (χ3v) is 4.52. The second-order valence-electron chi connectivity index (χ2n) is 7.01. The molecular weight excluding hydrogens is 336 g/mol. The summed E-state index contributed by atoms with van der Waals surface area (Å²) in [5, 5.41) is 2.95. The first-order chi connectivity index (χ1) is 11.4. The normalized spacial score (nSPS) is 20.2. The van der Waals surface area contributed by atoms with E-state index in [-0.39, 0.29) is 5.56 Å². The molecule has 0 atom stereocenters. The van der Waals surface area contributed by atoms with E-state index in [1.54, 1.807) is 7.05 Å². The summed E-state index contributed by atoms with van der Waals surface area (Å²) >= 11 is 0. The van der Waals surface area contributed by atoms with Gasteiger partial charge in [-0.3, -0.25) is 4.79 Å². The van der Waals surface area contributed by atoms with Gasteiger partial charge in [0, 0.05) is 12.7 Å². The van der Waals surface area contributed by atoms with Crippen LogP contribution in [-0.4, -0.2) is 36.9 Å². The maximum atomic E-state index is 12.9. The lowest BCUT2D eigenvalue weighted by Crippen LogP contribution is -2.41. The van der Waals surface area contributed by atoms with Crippen molar-refractivity contribution < 1.29 is 22.5 Å². The van der Waals surface area contributed by atoms with Crippen LogP contribution in [-0.2, 0) is 15.5 Å². The minimum atomic E-state index is -4.72. The summed E-state index contributed by atoms with van der Waals surface area (Å²) in [5.74, 6) is 0. The van der Waals surface area contributed by atoms with Gasteiger partial charge in [-0.15, -0.1) is 0 Å². The molecule has 1 aliphatic rings. The molecule has 2 N–H and O–H groups in total. The molecule has 0 radical (unpaired) electrons. The number of hydrogen-bond acceptors (Lipinski definition) is 4. The van der Waals surface area contributed by atoms with Crippen LogP contribution in [0.15, 0.2) is 22.5 Å². The van der Waals surface area contributed by atoms with Crippen LogP contribution < -0.4 is 10.9 Å². The van der Waals surface area contributed by atoms with Crippen molar-refractivity contribution in [2.75, 3.05) is 13.6 Å². The van der Waals surface area contributed by atoms with E-state index in [4.69, 9.17) is 9.31 Å². The molecule has 1 fully saturated rings. The van der Waals surface area contributed by atoms with Gasteiger partial charge in [0.05, 0.1) is 11.2 Å². The number of pyridine rings is 1. The lowest BCUT2D eigenvalue weighted by atomic mass is 9.77. The standard InChI is InChI=1S/C16H22BF3N2O3/c1-14(2)15(3,4)25-17(24-14)11(9-21-5)6-10-7-12(16(18,19)20)13(23)22-8-10/h6-8,21H,9H2,1-5H3,(H,22,23). The van der Waals surface area contributed by atoms with Crippen molar-refractivity contribution in [3.8, 4) is 0 Å². The first kappa shape index (κ1) is 19.7. The van der Waals surface area contributed by atoms with Crippen molar-refractivity contribution in [3.05, 3.63) is 39.2 Å². The molecule has 9 heteroatoms. The molecule has 0 saturated carbocycles. The number of rotatable bonds is 4. The predicted octanol–water partition coefficient (Wildman–Crippen LogP) is 2.63. The molecule has 0 amide bonds. The van der Waals surface area contributed by atoms with E-state index in [0.717, 1.165) is 6.07 Å². The fourth-order valence-corrected chi connectivity index (χ4v) is 2.41. The summed E-state index contributed by atoms with van der Waals surface area (Å²) in [6.07, 6.45) is -1.95. The minimum Gasteiger partial charge on any atom is -0.400 e. The molecule has 138 valence electrons. The summed E-state index contributed by atoms with van der Waals surface area (Å²) < 4.78 is 50.6. The van der Waals surface area contributed by atoms with Crippen LogP contribution in [0.2, 0.25) is 0 Å². The van der Waals surface area contributed by atoms with Crippen molar-refractivity contribution in [3.63, 3.8) is 0 Å². The van der Waals surface area contributed by atoms with Crippen LogP contribution in [0.3, 0.4) is 0 Å². The number of likely N-dealkylation sites (N-methyl/N-ethyl adjacent to an activating group) is 1. The highest BCUT2D eigenvalue weighted by Crippen LogP contribution is 2.38. The first-order valence-corrected chi connectivity index (χ1v) is 7.88. The van der Waals surface area contributed by atoms with E-state index >= 15 is 0 Å². The maximum absolute atomic E-state index is 12.9. The topological polar surface area (TPSA) is 63.4 Å². The number of nitrogens with one attached hydrogen (secondary N) is 2. The molecule has 5 nitrogen and oxygen atoms in total. The molecule has 0 aromatic carbocycles. The summed E-state index contributed by atoms with van der Waals surface area (Å²) in [6.45, 7) is 7.94. The SMILES string of the molecule is CNCC(=Cc1c[nH]c(=O)c(C(F)(F)F)c1)B1OC(C)(C)C(C)(C)O1. The molecule has 1 saturated heterocycles. The predicted molar refractivity (Wildman–Crippen MR) is 90.1 cm³/mol. The van der Waals surface area contributed by atoms with E-state index in [2.05, 4.69) is 10.3 Å². The Labute approximate surface area is 144 Å². The Morgan fingerprint density at radius 2 is 1.84 bits per heavy atom. The molecule has 25 heavy (non-hydrogen) atoms. The molecule has 1 aromatic heterocycles. The number of halogens is 3. The van der Waals surface area contributed by atoms with Gasteiger partial charge in [0.2, 0.25) is 0 Å². The largest absolute Gasteiger partial charge is 0.491 e. The van der Waals surface area contributed by atoms with Crippen LogP contribution in [0.25, 0.3) is 6.08 Å². The smallest absolute Gasteiger partial charge is 0.400 e. The summed E-state index contributed by atoms with van der Waals surface area (Å²) in [7, 11) is 1.02. The van der Waals surface area contributed by atoms with Crippen molar-refractivity contribution in [1.29, 1.82) is 0 Å². The Bertz CT molecular complexity index is 710. The molecule has 1 aliphatic heterocycles. The van der Waals surface area contributed by atoms with Gasteiger partial charge in [-0.1, -0.05) is 6.08 Å². The number of H-pyrrole nitrogens is 1. The van der Waals surface area contributed by atoms with Gasteiger partial charge in [-0.05, 0) is 51.8 Å². The third-order valence-electron chi connectivity index (χ3n) is 4.52. The lowest BCUT2D eigenvalue weighted by molar-refractivity contribution is -0.138. The van der Waals surface area contributed by atoms with Crippen LogP contribution in [0.4, 0.5) is 13.2 Å². The zero-order chi connectivity index (χ0) is 19.0. The van der Waals surface area contributed by atoms with Crippen molar-refractivity contribution in [1.82, 2.24) is 10.3 Å². The highest BCUT2D eigenvalue weighted by molar-refractivity contribution is 6.55. The highest BCUT2D eigenvalue weighted by Gasteiger charge is 2.52. The Morgan fingerprint density at radius 3 is 2.32 bits per heavy atom. The van der Waals surface area contributed by atoms with Crippen molar-refractivity contribution in [2.24, 2.45) is 0 Å². The van der Waals surface area contributed by atoms with E-state index in [9.17, 15) is 18.0 Å². The summed E-state index contributed by atoms with van der Waals surface area (Å²) in [5.41, 5.74) is -2.69. The van der Waals surface area contributed by atoms with Crippen molar-refractivity contribution in [2.45, 2.75) is 45.1 Å². The molecule has 2 heterocycles. The number of alkyl halides is 3. The number of hydrogen-bond donors (Lipinski definition) is 2. The van der Waals surface area contributed by atoms with E-state index in [1.807, 2.05) is 27.7 Å². The molecule has 0 bridgehead atoms. The fourth-order valence-electron chi connectivity index (χ4n) is 2.41. The van der Waals surface area contributed by atoms with Crippen molar-refractivity contribution >= 4 is 13.2 Å². The zero-order valence-corrected chi connectivity index (χ0v) is 14.9. The van der Waals surface area contributed by atoms with Crippen LogP contribution in [0.1, 0.15) is 38.8 Å². The number of aromatic amines is 1. The van der Waals surface area contributed by atoms with Gasteiger partial charge in [-0.2, -0.15) is 13.2 Å². The Hall–Kier alpha value is -1.58. The van der Waals surface area contributed by atoms with Gasteiger partial charge in [0.25, 0.3) is 5.56 Å². The monoisotopic (exact) mass is 358 g/mol. The third kappa shape index (κ3) is 4.16. The van der Waals surface area contributed by atoms with Gasteiger partial charge in [0.15, 0.2) is 0 Å². The molecule has 0 aliphatic carbocycles. The average Bonchev–Trinajstić information content (AvgIpc) is 2.67. The second-order valence-corrected chi connectivity index (χ2v) is 7.01. The second kappa shape index (κ2) is 6.62. The van der Waals surface area contributed by atoms with E-state index < -0.39 is 35.6 Å². The maximum Gasteiger partial charge on any atom is 0.491 e. The number of aromatic nitrogens is 1. The average molecular weight is 358 g/mol.